The highest BCUT2D eigenvalue weighted by atomic mass is 35.5. The lowest BCUT2D eigenvalue weighted by molar-refractivity contribution is -0.136. The standard InChI is InChI=1S/C17H12Cl2N2O2S/c18-11-6-7-13(12(19)8-11)20-17-21-16(10-4-2-1-3-5-10)14(24-17)9-15(22)23/h1-8H,9H2,(H,20,21)(H,22,23). The first-order valence-electron chi connectivity index (χ1n) is 7.02. The molecule has 2 aromatic carbocycles. The monoisotopic (exact) mass is 378 g/mol. The lowest BCUT2D eigenvalue weighted by Gasteiger charge is -2.05. The smallest absolute Gasteiger partial charge is 0.308 e. The van der Waals surface area contributed by atoms with Crippen molar-refractivity contribution in [3.63, 3.8) is 0 Å². The maximum Gasteiger partial charge on any atom is 0.308 e. The van der Waals surface area contributed by atoms with Crippen LogP contribution in [0.3, 0.4) is 0 Å². The van der Waals surface area contributed by atoms with Crippen LogP contribution >= 0.6 is 34.5 Å². The summed E-state index contributed by atoms with van der Waals surface area (Å²) < 4.78 is 0. The van der Waals surface area contributed by atoms with Gasteiger partial charge in [0, 0.05) is 15.5 Å². The van der Waals surface area contributed by atoms with Crippen molar-refractivity contribution in [1.82, 2.24) is 4.98 Å². The highest BCUT2D eigenvalue weighted by Crippen LogP contribution is 2.35. The minimum atomic E-state index is -0.896. The maximum atomic E-state index is 11.1. The van der Waals surface area contributed by atoms with Crippen LogP contribution in [0.25, 0.3) is 11.3 Å². The van der Waals surface area contributed by atoms with Crippen LogP contribution in [-0.2, 0) is 11.2 Å². The lowest BCUT2D eigenvalue weighted by atomic mass is 10.1. The van der Waals surface area contributed by atoms with E-state index in [0.717, 1.165) is 5.56 Å². The van der Waals surface area contributed by atoms with E-state index in [1.165, 1.54) is 11.3 Å². The molecule has 0 aliphatic rings. The molecule has 3 aromatic rings. The van der Waals surface area contributed by atoms with Crippen molar-refractivity contribution in [3.05, 3.63) is 63.5 Å². The van der Waals surface area contributed by atoms with E-state index in [9.17, 15) is 4.79 Å². The summed E-state index contributed by atoms with van der Waals surface area (Å²) in [4.78, 5) is 16.4. The summed E-state index contributed by atoms with van der Waals surface area (Å²) in [6, 6.07) is 14.6. The molecule has 0 bridgehead atoms. The topological polar surface area (TPSA) is 62.2 Å². The highest BCUT2D eigenvalue weighted by molar-refractivity contribution is 7.16. The summed E-state index contributed by atoms with van der Waals surface area (Å²) in [6.07, 6.45) is -0.0854. The van der Waals surface area contributed by atoms with Crippen molar-refractivity contribution in [1.29, 1.82) is 0 Å². The molecule has 0 aliphatic carbocycles. The van der Waals surface area contributed by atoms with Crippen LogP contribution in [0.4, 0.5) is 10.8 Å². The van der Waals surface area contributed by atoms with Gasteiger partial charge < -0.3 is 10.4 Å². The van der Waals surface area contributed by atoms with Gasteiger partial charge in [-0.3, -0.25) is 4.79 Å². The molecular weight excluding hydrogens is 367 g/mol. The largest absolute Gasteiger partial charge is 0.481 e. The average molecular weight is 379 g/mol. The number of halogens is 2. The predicted molar refractivity (Wildman–Crippen MR) is 98.6 cm³/mol. The normalized spacial score (nSPS) is 10.6. The zero-order valence-electron chi connectivity index (χ0n) is 12.3. The van der Waals surface area contributed by atoms with Gasteiger partial charge >= 0.3 is 5.97 Å². The Balaban J connectivity index is 1.97. The van der Waals surface area contributed by atoms with Gasteiger partial charge in [-0.1, -0.05) is 53.5 Å². The van der Waals surface area contributed by atoms with Crippen LogP contribution in [0.5, 0.6) is 0 Å². The minimum absolute atomic E-state index is 0.0854. The van der Waals surface area contributed by atoms with Crippen molar-refractivity contribution in [2.75, 3.05) is 5.32 Å². The number of nitrogens with zero attached hydrogens (tertiary/aromatic N) is 1. The number of benzene rings is 2. The number of hydrogen-bond donors (Lipinski definition) is 2. The molecule has 0 atom stereocenters. The van der Waals surface area contributed by atoms with Gasteiger partial charge in [0.25, 0.3) is 0 Å². The first kappa shape index (κ1) is 16.8. The lowest BCUT2D eigenvalue weighted by Crippen LogP contribution is -1.99. The molecule has 0 spiro atoms. The highest BCUT2D eigenvalue weighted by Gasteiger charge is 2.16. The van der Waals surface area contributed by atoms with Crippen molar-refractivity contribution in [2.24, 2.45) is 0 Å². The van der Waals surface area contributed by atoms with Crippen LogP contribution in [0.15, 0.2) is 48.5 Å². The van der Waals surface area contributed by atoms with Gasteiger partial charge in [0.1, 0.15) is 0 Å². The number of carbonyl (C=O) groups is 1. The summed E-state index contributed by atoms with van der Waals surface area (Å²) >= 11 is 13.4. The molecule has 0 unspecified atom stereocenters. The zero-order chi connectivity index (χ0) is 17.1. The number of aliphatic carboxylic acids is 1. The first-order valence-corrected chi connectivity index (χ1v) is 8.59. The Bertz CT molecular complexity index is 882. The second kappa shape index (κ2) is 7.21. The number of thiazole rings is 1. The predicted octanol–water partition coefficient (Wildman–Crippen LogP) is 5.49. The van der Waals surface area contributed by atoms with E-state index in [4.69, 9.17) is 28.3 Å². The summed E-state index contributed by atoms with van der Waals surface area (Å²) in [5.74, 6) is -0.896. The molecule has 0 saturated carbocycles. The molecule has 122 valence electrons. The van der Waals surface area contributed by atoms with Crippen molar-refractivity contribution in [2.45, 2.75) is 6.42 Å². The fourth-order valence-electron chi connectivity index (χ4n) is 2.19. The van der Waals surface area contributed by atoms with Gasteiger partial charge in [0.2, 0.25) is 0 Å². The third-order valence-corrected chi connectivity index (χ3v) is 4.75. The Kier molecular flexibility index (Phi) is 5.04. The molecule has 7 heteroatoms. The van der Waals surface area contributed by atoms with Crippen LogP contribution in [0, 0.1) is 0 Å². The summed E-state index contributed by atoms with van der Waals surface area (Å²) in [5.41, 5.74) is 2.20. The number of carboxylic acids is 1. The SMILES string of the molecule is O=C(O)Cc1sc(Nc2ccc(Cl)cc2Cl)nc1-c1ccccc1. The van der Waals surface area contributed by atoms with Gasteiger partial charge in [0.15, 0.2) is 5.13 Å². The zero-order valence-corrected chi connectivity index (χ0v) is 14.6. The van der Waals surface area contributed by atoms with E-state index in [-0.39, 0.29) is 6.42 Å². The maximum absolute atomic E-state index is 11.1. The van der Waals surface area contributed by atoms with Gasteiger partial charge in [-0.15, -0.1) is 11.3 Å². The fraction of sp³-hybridized carbons (Fsp3) is 0.0588. The number of anilines is 2. The van der Waals surface area contributed by atoms with Gasteiger partial charge in [-0.25, -0.2) is 4.98 Å². The van der Waals surface area contributed by atoms with Crippen LogP contribution < -0.4 is 5.32 Å². The van der Waals surface area contributed by atoms with Crippen molar-refractivity contribution >= 4 is 51.3 Å². The molecule has 0 saturated heterocycles. The van der Waals surface area contributed by atoms with Crippen molar-refractivity contribution < 1.29 is 9.90 Å². The fourth-order valence-corrected chi connectivity index (χ4v) is 3.63. The second-order valence-electron chi connectivity index (χ2n) is 4.98. The quantitative estimate of drug-likeness (QED) is 0.616. The Morgan fingerprint density at radius 2 is 1.92 bits per heavy atom. The molecule has 1 aromatic heterocycles. The number of nitrogens with one attached hydrogen (secondary N) is 1. The summed E-state index contributed by atoms with van der Waals surface area (Å²) in [6.45, 7) is 0. The van der Waals surface area contributed by atoms with E-state index in [1.54, 1.807) is 18.2 Å². The second-order valence-corrected chi connectivity index (χ2v) is 6.90. The molecule has 0 aliphatic heterocycles. The van der Waals surface area contributed by atoms with Gasteiger partial charge in [0.05, 0.1) is 22.8 Å². The molecule has 4 nitrogen and oxygen atoms in total. The Labute approximate surface area is 152 Å². The van der Waals surface area contributed by atoms with E-state index < -0.39 is 5.97 Å². The molecular formula is C17H12Cl2N2O2S. The summed E-state index contributed by atoms with van der Waals surface area (Å²) in [5, 5.41) is 13.9. The van der Waals surface area contributed by atoms with E-state index in [0.29, 0.717) is 31.4 Å². The third kappa shape index (κ3) is 3.87. The summed E-state index contributed by atoms with van der Waals surface area (Å²) in [7, 11) is 0. The van der Waals surface area contributed by atoms with Crippen molar-refractivity contribution in [3.8, 4) is 11.3 Å². The average Bonchev–Trinajstić information content (AvgIpc) is 2.93. The van der Waals surface area contributed by atoms with Gasteiger partial charge in [-0.05, 0) is 18.2 Å². The van der Waals surface area contributed by atoms with E-state index in [1.807, 2.05) is 30.3 Å². The molecule has 24 heavy (non-hydrogen) atoms. The van der Waals surface area contributed by atoms with Gasteiger partial charge in [-0.2, -0.15) is 0 Å². The molecule has 0 radical (unpaired) electrons. The third-order valence-electron chi connectivity index (χ3n) is 3.23. The van der Waals surface area contributed by atoms with Crippen LogP contribution in [0.2, 0.25) is 10.0 Å². The first-order chi connectivity index (χ1) is 11.5. The molecule has 2 N–H and O–H groups in total. The number of aromatic nitrogens is 1. The molecule has 1 heterocycles. The van der Waals surface area contributed by atoms with E-state index in [2.05, 4.69) is 10.3 Å². The number of hydrogen-bond acceptors (Lipinski definition) is 4. The Morgan fingerprint density at radius 1 is 1.17 bits per heavy atom. The molecule has 0 amide bonds. The minimum Gasteiger partial charge on any atom is -0.481 e. The van der Waals surface area contributed by atoms with Crippen LogP contribution in [0.1, 0.15) is 4.88 Å². The van der Waals surface area contributed by atoms with Crippen LogP contribution in [-0.4, -0.2) is 16.1 Å². The number of rotatable bonds is 5. The number of carboxylic acid groups (broad SMARTS) is 1. The molecule has 0 fully saturated rings. The Hall–Kier alpha value is -2.08. The Morgan fingerprint density at radius 3 is 2.58 bits per heavy atom. The molecule has 3 rings (SSSR count). The van der Waals surface area contributed by atoms with E-state index >= 15 is 0 Å².